The first-order valence-electron chi connectivity index (χ1n) is 9.90. The molecular weight excluding hydrogens is 376 g/mol. The van der Waals surface area contributed by atoms with E-state index in [-0.39, 0.29) is 13.2 Å². The van der Waals surface area contributed by atoms with Gasteiger partial charge in [-0.25, -0.2) is 4.98 Å². The highest BCUT2D eigenvalue weighted by Crippen LogP contribution is 2.34. The summed E-state index contributed by atoms with van der Waals surface area (Å²) in [4.78, 5) is 33.7. The smallest absolute Gasteiger partial charge is 0.289 e. The Balaban J connectivity index is 0.00000240. The van der Waals surface area contributed by atoms with E-state index in [0.29, 0.717) is 22.7 Å². The van der Waals surface area contributed by atoms with Crippen molar-refractivity contribution < 1.29 is 15.4 Å². The monoisotopic (exact) mass is 404 g/mol. The summed E-state index contributed by atoms with van der Waals surface area (Å²) in [7, 11) is 0. The van der Waals surface area contributed by atoms with Crippen LogP contribution in [0.4, 0.5) is 5.13 Å². The third kappa shape index (κ3) is 3.98. The van der Waals surface area contributed by atoms with Crippen LogP contribution in [0.25, 0.3) is 10.6 Å². The van der Waals surface area contributed by atoms with Crippen molar-refractivity contribution in [1.29, 1.82) is 0 Å². The molecule has 2 aliphatic rings. The lowest BCUT2D eigenvalue weighted by molar-refractivity contribution is -0.114. The van der Waals surface area contributed by atoms with Gasteiger partial charge in [0.15, 0.2) is 10.9 Å². The Kier molecular flexibility index (Phi) is 5.50. The third-order valence-corrected chi connectivity index (χ3v) is 6.62. The van der Waals surface area contributed by atoms with Gasteiger partial charge in [0.1, 0.15) is 5.76 Å². The zero-order valence-corrected chi connectivity index (χ0v) is 17.2. The van der Waals surface area contributed by atoms with Crippen LogP contribution in [0.2, 0.25) is 0 Å². The van der Waals surface area contributed by atoms with E-state index in [0.717, 1.165) is 36.5 Å². The van der Waals surface area contributed by atoms with Crippen LogP contribution in [-0.4, -0.2) is 58.8 Å². The number of likely N-dealkylation sites (tertiary alicyclic amines) is 2. The maximum atomic E-state index is 12.9. The number of carbonyl (C=O) groups excluding carboxylic acids is 2. The number of amides is 2. The molecule has 0 atom stereocenters. The lowest BCUT2D eigenvalue weighted by Gasteiger charge is -2.36. The van der Waals surface area contributed by atoms with Crippen LogP contribution < -0.4 is 5.32 Å². The maximum Gasteiger partial charge on any atom is 0.289 e. The quantitative estimate of drug-likeness (QED) is 0.842. The van der Waals surface area contributed by atoms with Crippen molar-refractivity contribution in [1.82, 2.24) is 14.8 Å². The first kappa shape index (κ1) is 19.1. The number of nitrogens with zero attached hydrogens (tertiary/aromatic N) is 3. The molecule has 2 aromatic rings. The van der Waals surface area contributed by atoms with Gasteiger partial charge in [0, 0.05) is 27.5 Å². The van der Waals surface area contributed by atoms with E-state index < -0.39 is 0 Å². The zero-order chi connectivity index (χ0) is 19.7. The van der Waals surface area contributed by atoms with Crippen molar-refractivity contribution in [3.8, 4) is 10.6 Å². The molecule has 2 aromatic heterocycles. The molecule has 2 aliphatic heterocycles. The molecule has 8 heteroatoms. The van der Waals surface area contributed by atoms with Crippen LogP contribution in [0.5, 0.6) is 0 Å². The molecule has 7 nitrogen and oxygen atoms in total. The van der Waals surface area contributed by atoms with E-state index in [1.54, 1.807) is 6.07 Å². The van der Waals surface area contributed by atoms with Crippen molar-refractivity contribution in [2.24, 2.45) is 0 Å². The van der Waals surface area contributed by atoms with Gasteiger partial charge in [-0.05, 0) is 57.8 Å². The highest BCUT2D eigenvalue weighted by Gasteiger charge is 2.30. The molecule has 4 rings (SSSR count). The molecule has 0 radical (unpaired) electrons. The Hall–Kier alpha value is -2.19. The second-order valence-corrected chi connectivity index (χ2v) is 8.54. The number of aryl methyl sites for hydroxylation is 1. The maximum absolute atomic E-state index is 12.9. The number of anilines is 1. The Labute approximate surface area is 170 Å². The van der Waals surface area contributed by atoms with Gasteiger partial charge in [0.05, 0.1) is 10.6 Å². The minimum absolute atomic E-state index is 0. The highest BCUT2D eigenvalue weighted by atomic mass is 32.1. The van der Waals surface area contributed by atoms with Crippen molar-refractivity contribution in [3.05, 3.63) is 23.6 Å². The predicted molar refractivity (Wildman–Crippen MR) is 111 cm³/mol. The highest BCUT2D eigenvalue weighted by molar-refractivity contribution is 7.19. The normalized spacial score (nSPS) is 18.6. The summed E-state index contributed by atoms with van der Waals surface area (Å²) in [5, 5.41) is 3.23. The minimum Gasteiger partial charge on any atom is -0.450 e. The van der Waals surface area contributed by atoms with Gasteiger partial charge in [-0.2, -0.15) is 0 Å². The average molecular weight is 405 g/mol. The van der Waals surface area contributed by atoms with E-state index in [4.69, 9.17) is 4.42 Å². The van der Waals surface area contributed by atoms with Crippen LogP contribution in [0.3, 0.4) is 0 Å². The lowest BCUT2D eigenvalue weighted by atomic mass is 10.0. The van der Waals surface area contributed by atoms with Gasteiger partial charge in [-0.15, -0.1) is 0 Å². The summed E-state index contributed by atoms with van der Waals surface area (Å²) in [6.07, 6.45) is 4.67. The summed E-state index contributed by atoms with van der Waals surface area (Å²) in [5.41, 5.74) is 0.772. The number of furan rings is 1. The predicted octanol–water partition coefficient (Wildman–Crippen LogP) is 3.62. The molecule has 4 heterocycles. The van der Waals surface area contributed by atoms with E-state index >= 15 is 0 Å². The standard InChI is InChI=1S/C20H26N4O3S.H2/c1-13-18(28-20(21-13)22-14(2)25)16-5-6-17(27-16)19(26)24-11-7-15(8-12-24)23-9-3-4-10-23;/h5-6,15H,3-4,7-12H2,1-2H3,(H,21,22,25);1H. The summed E-state index contributed by atoms with van der Waals surface area (Å²) < 4.78 is 5.87. The van der Waals surface area contributed by atoms with Crippen LogP contribution in [0.15, 0.2) is 16.5 Å². The first-order valence-corrected chi connectivity index (χ1v) is 10.7. The number of hydrogen-bond acceptors (Lipinski definition) is 6. The van der Waals surface area contributed by atoms with E-state index in [1.807, 2.05) is 17.9 Å². The van der Waals surface area contributed by atoms with Gasteiger partial charge in [0.2, 0.25) is 5.91 Å². The SMILES string of the molecule is CC(=O)Nc1nc(C)c(-c2ccc(C(=O)N3CCC(N4CCCC4)CC3)o2)s1.[HH]. The van der Waals surface area contributed by atoms with E-state index in [2.05, 4.69) is 15.2 Å². The number of hydrogen-bond donors (Lipinski definition) is 1. The summed E-state index contributed by atoms with van der Waals surface area (Å²) in [6.45, 7) is 7.28. The fraction of sp³-hybridized carbons (Fsp3) is 0.550. The van der Waals surface area contributed by atoms with Gasteiger partial charge >= 0.3 is 0 Å². The number of thiazole rings is 1. The van der Waals surface area contributed by atoms with Gasteiger partial charge < -0.3 is 19.5 Å². The largest absolute Gasteiger partial charge is 0.450 e. The van der Waals surface area contributed by atoms with Gasteiger partial charge in [0.25, 0.3) is 5.91 Å². The fourth-order valence-corrected chi connectivity index (χ4v) is 5.07. The van der Waals surface area contributed by atoms with Crippen molar-refractivity contribution in [2.45, 2.75) is 45.6 Å². The molecule has 2 fully saturated rings. The second-order valence-electron chi connectivity index (χ2n) is 7.55. The molecular formula is C20H28N4O3S. The topological polar surface area (TPSA) is 78.7 Å². The van der Waals surface area contributed by atoms with Crippen molar-refractivity contribution in [2.75, 3.05) is 31.5 Å². The summed E-state index contributed by atoms with van der Waals surface area (Å²) in [6, 6.07) is 4.16. The molecule has 0 spiro atoms. The van der Waals surface area contributed by atoms with Crippen molar-refractivity contribution in [3.63, 3.8) is 0 Å². The second kappa shape index (κ2) is 8.05. The first-order chi connectivity index (χ1) is 13.5. The van der Waals surface area contributed by atoms with Gasteiger partial charge in [-0.1, -0.05) is 11.3 Å². The molecule has 0 aromatic carbocycles. The Morgan fingerprint density at radius 3 is 2.61 bits per heavy atom. The van der Waals surface area contributed by atoms with E-state index in [9.17, 15) is 9.59 Å². The summed E-state index contributed by atoms with van der Waals surface area (Å²) in [5.74, 6) is 0.772. The van der Waals surface area contributed by atoms with Crippen LogP contribution in [-0.2, 0) is 4.79 Å². The van der Waals surface area contributed by atoms with Crippen molar-refractivity contribution >= 4 is 28.3 Å². The Morgan fingerprint density at radius 1 is 1.21 bits per heavy atom. The van der Waals surface area contributed by atoms with Crippen LogP contribution in [0, 0.1) is 6.92 Å². The van der Waals surface area contributed by atoms with Crippen LogP contribution >= 0.6 is 11.3 Å². The molecule has 2 saturated heterocycles. The average Bonchev–Trinajstić information content (AvgIpc) is 3.42. The number of nitrogens with one attached hydrogen (secondary N) is 1. The number of piperidine rings is 1. The Bertz CT molecular complexity index is 867. The number of carbonyl (C=O) groups is 2. The fourth-order valence-electron chi connectivity index (χ4n) is 4.10. The molecule has 0 saturated carbocycles. The molecule has 0 bridgehead atoms. The molecule has 2 amide bonds. The number of rotatable bonds is 4. The molecule has 152 valence electrons. The Morgan fingerprint density at radius 2 is 1.93 bits per heavy atom. The molecule has 1 N–H and O–H groups in total. The molecule has 28 heavy (non-hydrogen) atoms. The third-order valence-electron chi connectivity index (χ3n) is 5.53. The molecule has 0 aliphatic carbocycles. The number of aromatic nitrogens is 1. The van der Waals surface area contributed by atoms with Gasteiger partial charge in [-0.3, -0.25) is 9.59 Å². The molecule has 0 unspecified atom stereocenters. The summed E-state index contributed by atoms with van der Waals surface area (Å²) >= 11 is 1.35. The van der Waals surface area contributed by atoms with Crippen LogP contribution in [0.1, 0.15) is 50.3 Å². The van der Waals surface area contributed by atoms with E-state index in [1.165, 1.54) is 44.2 Å². The minimum atomic E-state index is -0.159. The zero-order valence-electron chi connectivity index (χ0n) is 16.4. The lowest BCUT2D eigenvalue weighted by Crippen LogP contribution is -2.45.